The van der Waals surface area contributed by atoms with Crippen molar-refractivity contribution in [2.24, 2.45) is 5.41 Å². The van der Waals surface area contributed by atoms with Crippen molar-refractivity contribution >= 4 is 11.6 Å². The third-order valence-corrected chi connectivity index (χ3v) is 4.54. The Morgan fingerprint density at radius 1 is 1.19 bits per heavy atom. The number of carbonyl (C=O) groups excluding carboxylic acids is 1. The standard InChI is InChI=1S/C18H28N2O/c1-3-4-5-6-15-7-9-16(10-8-15)20-17(21)18(2)11-13-19-14-12-18/h7-10,19H,3-6,11-14H2,1-2H3,(H,20,21). The summed E-state index contributed by atoms with van der Waals surface area (Å²) in [4.78, 5) is 12.4. The zero-order valence-electron chi connectivity index (χ0n) is 13.4. The van der Waals surface area contributed by atoms with E-state index in [1.54, 1.807) is 0 Å². The molecule has 1 aromatic rings. The van der Waals surface area contributed by atoms with Crippen molar-refractivity contribution in [2.45, 2.75) is 52.4 Å². The number of nitrogens with one attached hydrogen (secondary N) is 2. The summed E-state index contributed by atoms with van der Waals surface area (Å²) in [6.45, 7) is 6.16. The first-order valence-corrected chi connectivity index (χ1v) is 8.25. The third-order valence-electron chi connectivity index (χ3n) is 4.54. The molecule has 1 saturated heterocycles. The van der Waals surface area contributed by atoms with Gasteiger partial charge in [0.05, 0.1) is 0 Å². The van der Waals surface area contributed by atoms with Crippen molar-refractivity contribution in [3.8, 4) is 0 Å². The first kappa shape index (κ1) is 16.0. The van der Waals surface area contributed by atoms with E-state index >= 15 is 0 Å². The zero-order chi connectivity index (χ0) is 15.1. The predicted molar refractivity (Wildman–Crippen MR) is 88.5 cm³/mol. The molecular formula is C18H28N2O. The van der Waals surface area contributed by atoms with Crippen LogP contribution in [0.2, 0.25) is 0 Å². The molecule has 1 aromatic carbocycles. The van der Waals surface area contributed by atoms with Crippen LogP contribution in [0, 0.1) is 5.41 Å². The highest BCUT2D eigenvalue weighted by Crippen LogP contribution is 2.29. The zero-order valence-corrected chi connectivity index (χ0v) is 13.4. The van der Waals surface area contributed by atoms with Crippen molar-refractivity contribution in [3.63, 3.8) is 0 Å². The van der Waals surface area contributed by atoms with Crippen molar-refractivity contribution in [1.29, 1.82) is 0 Å². The van der Waals surface area contributed by atoms with Gasteiger partial charge in [-0.1, -0.05) is 38.8 Å². The average Bonchev–Trinajstić information content (AvgIpc) is 2.50. The number of amides is 1. The molecule has 0 aliphatic carbocycles. The van der Waals surface area contributed by atoms with Gasteiger partial charge in [-0.25, -0.2) is 0 Å². The summed E-state index contributed by atoms with van der Waals surface area (Å²) in [5, 5.41) is 6.39. The highest BCUT2D eigenvalue weighted by molar-refractivity contribution is 5.95. The number of anilines is 1. The lowest BCUT2D eigenvalue weighted by Gasteiger charge is -2.32. The smallest absolute Gasteiger partial charge is 0.230 e. The fraction of sp³-hybridized carbons (Fsp3) is 0.611. The van der Waals surface area contributed by atoms with Gasteiger partial charge in [0.15, 0.2) is 0 Å². The van der Waals surface area contributed by atoms with Gasteiger partial charge >= 0.3 is 0 Å². The second kappa shape index (κ2) is 7.60. The van der Waals surface area contributed by atoms with Crippen molar-refractivity contribution < 1.29 is 4.79 Å². The number of hydrogen-bond donors (Lipinski definition) is 2. The molecule has 1 heterocycles. The molecule has 0 aromatic heterocycles. The van der Waals surface area contributed by atoms with Crippen LogP contribution in [0.3, 0.4) is 0 Å². The van der Waals surface area contributed by atoms with Gasteiger partial charge in [0.1, 0.15) is 0 Å². The van der Waals surface area contributed by atoms with E-state index in [-0.39, 0.29) is 11.3 Å². The van der Waals surface area contributed by atoms with Crippen LogP contribution in [0.15, 0.2) is 24.3 Å². The number of hydrogen-bond acceptors (Lipinski definition) is 2. The number of aryl methyl sites for hydroxylation is 1. The van der Waals surface area contributed by atoms with Crippen LogP contribution in [0.5, 0.6) is 0 Å². The minimum atomic E-state index is -0.231. The molecule has 0 saturated carbocycles. The number of piperidine rings is 1. The molecule has 0 spiro atoms. The van der Waals surface area contributed by atoms with E-state index in [9.17, 15) is 4.79 Å². The molecule has 0 bridgehead atoms. The molecule has 21 heavy (non-hydrogen) atoms. The minimum Gasteiger partial charge on any atom is -0.326 e. The Morgan fingerprint density at radius 3 is 2.48 bits per heavy atom. The summed E-state index contributed by atoms with van der Waals surface area (Å²) in [6.07, 6.45) is 6.73. The van der Waals surface area contributed by atoms with E-state index in [0.717, 1.165) is 38.0 Å². The Bertz CT molecular complexity index is 447. The molecule has 1 aliphatic heterocycles. The van der Waals surface area contributed by atoms with Crippen LogP contribution >= 0.6 is 0 Å². The van der Waals surface area contributed by atoms with Crippen molar-refractivity contribution in [2.75, 3.05) is 18.4 Å². The quantitative estimate of drug-likeness (QED) is 0.783. The third kappa shape index (κ3) is 4.57. The Kier molecular flexibility index (Phi) is 5.80. The molecule has 2 rings (SSSR count). The fourth-order valence-electron chi connectivity index (χ4n) is 2.82. The number of unbranched alkanes of at least 4 members (excludes halogenated alkanes) is 2. The van der Waals surface area contributed by atoms with Gasteiger partial charge in [0.25, 0.3) is 0 Å². The molecule has 0 atom stereocenters. The molecule has 0 radical (unpaired) electrons. The highest BCUT2D eigenvalue weighted by Gasteiger charge is 2.34. The monoisotopic (exact) mass is 288 g/mol. The van der Waals surface area contributed by atoms with Crippen LogP contribution in [0.1, 0.15) is 51.5 Å². The Hall–Kier alpha value is -1.35. The van der Waals surface area contributed by atoms with E-state index in [0.29, 0.717) is 0 Å². The van der Waals surface area contributed by atoms with Gasteiger partial charge in [0.2, 0.25) is 5.91 Å². The van der Waals surface area contributed by atoms with Gasteiger partial charge < -0.3 is 10.6 Å². The van der Waals surface area contributed by atoms with Gasteiger partial charge in [-0.15, -0.1) is 0 Å². The molecule has 1 fully saturated rings. The molecule has 116 valence electrons. The Balaban J connectivity index is 1.89. The number of carbonyl (C=O) groups is 1. The lowest BCUT2D eigenvalue weighted by molar-refractivity contribution is -0.126. The topological polar surface area (TPSA) is 41.1 Å². The summed E-state index contributed by atoms with van der Waals surface area (Å²) in [5.41, 5.74) is 2.04. The molecule has 2 N–H and O–H groups in total. The Labute approximate surface area is 128 Å². The van der Waals surface area contributed by atoms with E-state index in [4.69, 9.17) is 0 Å². The summed E-state index contributed by atoms with van der Waals surface area (Å²) < 4.78 is 0. The summed E-state index contributed by atoms with van der Waals surface area (Å²) >= 11 is 0. The van der Waals surface area contributed by atoms with Gasteiger partial charge in [-0.2, -0.15) is 0 Å². The van der Waals surface area contributed by atoms with E-state index in [2.05, 4.69) is 36.6 Å². The van der Waals surface area contributed by atoms with E-state index < -0.39 is 0 Å². The number of rotatable bonds is 6. The second-order valence-corrected chi connectivity index (χ2v) is 6.42. The van der Waals surface area contributed by atoms with Gasteiger partial charge in [0, 0.05) is 11.1 Å². The molecule has 3 nitrogen and oxygen atoms in total. The molecule has 0 unspecified atom stereocenters. The highest BCUT2D eigenvalue weighted by atomic mass is 16.2. The molecule has 3 heteroatoms. The molecule has 1 aliphatic rings. The summed E-state index contributed by atoms with van der Waals surface area (Å²) in [7, 11) is 0. The predicted octanol–water partition coefficient (Wildman–Crippen LogP) is 3.75. The normalized spacial score (nSPS) is 17.4. The lowest BCUT2D eigenvalue weighted by Crippen LogP contribution is -2.42. The largest absolute Gasteiger partial charge is 0.326 e. The lowest BCUT2D eigenvalue weighted by atomic mass is 9.80. The van der Waals surface area contributed by atoms with E-state index in [1.165, 1.54) is 24.8 Å². The van der Waals surface area contributed by atoms with Gasteiger partial charge in [-0.05, 0) is 56.5 Å². The van der Waals surface area contributed by atoms with Gasteiger partial charge in [-0.3, -0.25) is 4.79 Å². The van der Waals surface area contributed by atoms with Crippen LogP contribution in [-0.2, 0) is 11.2 Å². The molecule has 1 amide bonds. The molecular weight excluding hydrogens is 260 g/mol. The fourth-order valence-corrected chi connectivity index (χ4v) is 2.82. The SMILES string of the molecule is CCCCCc1ccc(NC(=O)C2(C)CCNCC2)cc1. The van der Waals surface area contributed by atoms with Crippen LogP contribution in [-0.4, -0.2) is 19.0 Å². The van der Waals surface area contributed by atoms with Crippen molar-refractivity contribution in [3.05, 3.63) is 29.8 Å². The second-order valence-electron chi connectivity index (χ2n) is 6.42. The van der Waals surface area contributed by atoms with Crippen LogP contribution in [0.25, 0.3) is 0 Å². The summed E-state index contributed by atoms with van der Waals surface area (Å²) in [6, 6.07) is 8.33. The maximum Gasteiger partial charge on any atom is 0.230 e. The van der Waals surface area contributed by atoms with E-state index in [1.807, 2.05) is 12.1 Å². The van der Waals surface area contributed by atoms with Crippen LogP contribution < -0.4 is 10.6 Å². The maximum absolute atomic E-state index is 12.4. The maximum atomic E-state index is 12.4. The average molecular weight is 288 g/mol. The van der Waals surface area contributed by atoms with Crippen molar-refractivity contribution in [1.82, 2.24) is 5.32 Å². The minimum absolute atomic E-state index is 0.155. The number of benzene rings is 1. The first-order chi connectivity index (χ1) is 10.1. The first-order valence-electron chi connectivity index (χ1n) is 8.25. The summed E-state index contributed by atoms with van der Waals surface area (Å²) in [5.74, 6) is 0.155. The Morgan fingerprint density at radius 2 is 1.86 bits per heavy atom. The van der Waals surface area contributed by atoms with Crippen LogP contribution in [0.4, 0.5) is 5.69 Å².